The number of halogens is 1. The van der Waals surface area contributed by atoms with Gasteiger partial charge >= 0.3 is 0 Å². The molecule has 3 heteroatoms. The van der Waals surface area contributed by atoms with Gasteiger partial charge in [-0.3, -0.25) is 9.78 Å². The van der Waals surface area contributed by atoms with Crippen LogP contribution in [0.15, 0.2) is 18.5 Å². The van der Waals surface area contributed by atoms with Gasteiger partial charge in [0.05, 0.1) is 11.6 Å². The minimum Gasteiger partial charge on any atom is -0.299 e. The molecule has 0 atom stereocenters. The highest BCUT2D eigenvalue weighted by Gasteiger charge is 2.50. The average molecular weight is 179 g/mol. The van der Waals surface area contributed by atoms with E-state index in [0.29, 0.717) is 5.56 Å². The van der Waals surface area contributed by atoms with Crippen molar-refractivity contribution < 1.29 is 9.18 Å². The van der Waals surface area contributed by atoms with Crippen LogP contribution in [0.4, 0.5) is 4.39 Å². The Labute approximate surface area is 75.8 Å². The highest BCUT2D eigenvalue weighted by atomic mass is 19.1. The van der Waals surface area contributed by atoms with Crippen molar-refractivity contribution in [3.8, 4) is 0 Å². The molecule has 0 amide bonds. The number of rotatable bonds is 2. The predicted octanol–water partition coefficient (Wildman–Crippen LogP) is 1.84. The van der Waals surface area contributed by atoms with Gasteiger partial charge in [0.2, 0.25) is 0 Å². The van der Waals surface area contributed by atoms with Crippen molar-refractivity contribution in [3.05, 3.63) is 29.8 Å². The zero-order valence-electron chi connectivity index (χ0n) is 7.38. The second kappa shape index (κ2) is 2.62. The van der Waals surface area contributed by atoms with Crippen LogP contribution in [0.25, 0.3) is 0 Å². The Kier molecular flexibility index (Phi) is 1.68. The average Bonchev–Trinajstić information content (AvgIpc) is 2.85. The molecule has 0 N–H and O–H groups in total. The molecular weight excluding hydrogens is 169 g/mol. The summed E-state index contributed by atoms with van der Waals surface area (Å²) < 4.78 is 13.3. The van der Waals surface area contributed by atoms with Gasteiger partial charge in [-0.05, 0) is 25.8 Å². The summed E-state index contributed by atoms with van der Waals surface area (Å²) in [5.41, 5.74) is -0.0116. The number of carbonyl (C=O) groups is 1. The molecule has 1 saturated carbocycles. The molecule has 1 aliphatic rings. The van der Waals surface area contributed by atoms with Gasteiger partial charge < -0.3 is 0 Å². The minimum atomic E-state index is -0.521. The molecule has 0 aliphatic heterocycles. The van der Waals surface area contributed by atoms with E-state index in [4.69, 9.17) is 0 Å². The van der Waals surface area contributed by atoms with Crippen LogP contribution in [-0.2, 0) is 10.2 Å². The van der Waals surface area contributed by atoms with Crippen LogP contribution in [0, 0.1) is 5.82 Å². The van der Waals surface area contributed by atoms with Gasteiger partial charge in [0.25, 0.3) is 0 Å². The Balaban J connectivity index is 2.47. The number of hydrogen-bond donors (Lipinski definition) is 0. The van der Waals surface area contributed by atoms with Crippen molar-refractivity contribution in [1.29, 1.82) is 0 Å². The summed E-state index contributed by atoms with van der Waals surface area (Å²) >= 11 is 0. The summed E-state index contributed by atoms with van der Waals surface area (Å²) in [7, 11) is 0. The lowest BCUT2D eigenvalue weighted by atomic mass is 9.93. The first kappa shape index (κ1) is 8.35. The van der Waals surface area contributed by atoms with E-state index >= 15 is 0 Å². The van der Waals surface area contributed by atoms with E-state index in [1.165, 1.54) is 19.3 Å². The van der Waals surface area contributed by atoms with E-state index in [0.717, 1.165) is 12.8 Å². The summed E-state index contributed by atoms with van der Waals surface area (Å²) in [5.74, 6) is -0.312. The van der Waals surface area contributed by atoms with Crippen LogP contribution < -0.4 is 0 Å². The van der Waals surface area contributed by atoms with Gasteiger partial charge in [0.15, 0.2) is 0 Å². The maximum atomic E-state index is 13.3. The molecule has 0 aromatic carbocycles. The normalized spacial score (nSPS) is 18.3. The van der Waals surface area contributed by atoms with Crippen LogP contribution in [0.2, 0.25) is 0 Å². The van der Waals surface area contributed by atoms with E-state index in [-0.39, 0.29) is 11.6 Å². The maximum Gasteiger partial charge on any atom is 0.145 e. The molecule has 1 heterocycles. The lowest BCUT2D eigenvalue weighted by Gasteiger charge is -2.11. The molecule has 68 valence electrons. The molecule has 0 bridgehead atoms. The van der Waals surface area contributed by atoms with Crippen LogP contribution in [-0.4, -0.2) is 10.8 Å². The number of aromatic nitrogens is 1. The highest BCUT2D eigenvalue weighted by Crippen LogP contribution is 2.49. The first-order valence-electron chi connectivity index (χ1n) is 4.28. The number of Topliss-reactive ketones (excluding diaryl/α,β-unsaturated/α-hetero) is 1. The zero-order chi connectivity index (χ0) is 9.47. The van der Waals surface area contributed by atoms with Crippen molar-refractivity contribution in [2.75, 3.05) is 0 Å². The lowest BCUT2D eigenvalue weighted by Crippen LogP contribution is -2.18. The quantitative estimate of drug-likeness (QED) is 0.693. The van der Waals surface area contributed by atoms with Crippen molar-refractivity contribution in [3.63, 3.8) is 0 Å². The van der Waals surface area contributed by atoms with Crippen molar-refractivity contribution in [2.24, 2.45) is 0 Å². The van der Waals surface area contributed by atoms with Gasteiger partial charge in [-0.15, -0.1) is 0 Å². The smallest absolute Gasteiger partial charge is 0.145 e. The first-order valence-corrected chi connectivity index (χ1v) is 4.28. The molecule has 13 heavy (non-hydrogen) atoms. The Bertz CT molecular complexity index is 358. The van der Waals surface area contributed by atoms with Gasteiger partial charge in [0.1, 0.15) is 11.6 Å². The van der Waals surface area contributed by atoms with Crippen LogP contribution in [0.3, 0.4) is 0 Å². The summed E-state index contributed by atoms with van der Waals surface area (Å²) in [4.78, 5) is 15.0. The molecule has 2 rings (SSSR count). The fraction of sp³-hybridized carbons (Fsp3) is 0.400. The number of pyridine rings is 1. The van der Waals surface area contributed by atoms with Crippen LogP contribution in [0.1, 0.15) is 25.3 Å². The second-order valence-electron chi connectivity index (χ2n) is 3.49. The van der Waals surface area contributed by atoms with Crippen molar-refractivity contribution in [1.82, 2.24) is 4.98 Å². The number of carbonyl (C=O) groups excluding carboxylic acids is 1. The molecule has 2 nitrogen and oxygen atoms in total. The third-order valence-corrected chi connectivity index (χ3v) is 2.71. The molecule has 0 spiro atoms. The van der Waals surface area contributed by atoms with E-state index in [2.05, 4.69) is 4.98 Å². The molecule has 0 unspecified atom stereocenters. The monoisotopic (exact) mass is 179 g/mol. The van der Waals surface area contributed by atoms with Gasteiger partial charge in [0, 0.05) is 11.8 Å². The third kappa shape index (κ3) is 1.15. The van der Waals surface area contributed by atoms with Gasteiger partial charge in [-0.1, -0.05) is 0 Å². The number of hydrogen-bond acceptors (Lipinski definition) is 2. The van der Waals surface area contributed by atoms with E-state index in [1.54, 1.807) is 6.07 Å². The fourth-order valence-electron chi connectivity index (χ4n) is 1.70. The zero-order valence-corrected chi connectivity index (χ0v) is 7.38. The largest absolute Gasteiger partial charge is 0.299 e. The third-order valence-electron chi connectivity index (χ3n) is 2.71. The molecular formula is C10H10FNO. The lowest BCUT2D eigenvalue weighted by molar-refractivity contribution is -0.119. The second-order valence-corrected chi connectivity index (χ2v) is 3.49. The Morgan fingerprint density at radius 3 is 2.77 bits per heavy atom. The first-order chi connectivity index (χ1) is 6.17. The Morgan fingerprint density at radius 1 is 1.62 bits per heavy atom. The molecule has 0 saturated heterocycles. The maximum absolute atomic E-state index is 13.3. The van der Waals surface area contributed by atoms with Crippen LogP contribution in [0.5, 0.6) is 0 Å². The van der Waals surface area contributed by atoms with Crippen molar-refractivity contribution >= 4 is 5.78 Å². The molecule has 1 aromatic heterocycles. The van der Waals surface area contributed by atoms with Gasteiger partial charge in [-0.25, -0.2) is 4.39 Å². The Morgan fingerprint density at radius 2 is 2.31 bits per heavy atom. The van der Waals surface area contributed by atoms with E-state index in [9.17, 15) is 9.18 Å². The summed E-state index contributed by atoms with van der Waals surface area (Å²) in [5, 5.41) is 0. The molecule has 1 aliphatic carbocycles. The number of nitrogens with zero attached hydrogens (tertiary/aromatic N) is 1. The van der Waals surface area contributed by atoms with E-state index in [1.807, 2.05) is 0 Å². The van der Waals surface area contributed by atoms with Crippen LogP contribution >= 0.6 is 0 Å². The molecule has 0 radical (unpaired) electrons. The van der Waals surface area contributed by atoms with Crippen molar-refractivity contribution in [2.45, 2.75) is 25.2 Å². The standard InChI is InChI=1S/C10H10FNO/c1-7(13)10(3-4-10)8-2-5-12-6-9(8)11/h2,5-6H,3-4H2,1H3. The summed E-state index contributed by atoms with van der Waals surface area (Å²) in [6.07, 6.45) is 4.23. The summed E-state index contributed by atoms with van der Waals surface area (Å²) in [6.45, 7) is 1.52. The topological polar surface area (TPSA) is 30.0 Å². The minimum absolute atomic E-state index is 0.0533. The Hall–Kier alpha value is -1.25. The van der Waals surface area contributed by atoms with E-state index < -0.39 is 5.41 Å². The predicted molar refractivity (Wildman–Crippen MR) is 45.8 cm³/mol. The van der Waals surface area contributed by atoms with Gasteiger partial charge in [-0.2, -0.15) is 0 Å². The highest BCUT2D eigenvalue weighted by molar-refractivity contribution is 5.91. The number of ketones is 1. The summed E-state index contributed by atoms with van der Waals surface area (Å²) in [6, 6.07) is 1.60. The SMILES string of the molecule is CC(=O)C1(c2ccncc2F)CC1. The molecule has 1 aromatic rings. The molecule has 1 fully saturated rings. The fourth-order valence-corrected chi connectivity index (χ4v) is 1.70.